The Bertz CT molecular complexity index is 1420. The highest BCUT2D eigenvalue weighted by molar-refractivity contribution is 7.89. The maximum absolute atomic E-state index is 13.6. The lowest BCUT2D eigenvalue weighted by Crippen LogP contribution is -2.51. The van der Waals surface area contributed by atoms with E-state index in [0.29, 0.717) is 19.6 Å². The molecule has 44 heavy (non-hydrogen) atoms. The van der Waals surface area contributed by atoms with Gasteiger partial charge in [0.05, 0.1) is 16.9 Å². The van der Waals surface area contributed by atoms with Crippen LogP contribution in [-0.4, -0.2) is 75.7 Å². The first kappa shape index (κ1) is 33.8. The van der Waals surface area contributed by atoms with Gasteiger partial charge in [-0.05, 0) is 68.7 Å². The number of anilines is 1. The molecular formula is C32H46N4O7S. The van der Waals surface area contributed by atoms with E-state index in [1.807, 2.05) is 27.7 Å². The number of methoxy groups -OCH3 is 1. The Labute approximate surface area is 261 Å². The van der Waals surface area contributed by atoms with E-state index in [9.17, 15) is 23.3 Å². The normalized spacial score (nSPS) is 19.5. The maximum Gasteiger partial charge on any atom is 0.309 e. The average Bonchev–Trinajstić information content (AvgIpc) is 3.38. The van der Waals surface area contributed by atoms with Crippen LogP contribution in [0.25, 0.3) is 0 Å². The fraction of sp³-hybridized carbons (Fsp3) is 0.594. The lowest BCUT2D eigenvalue weighted by atomic mass is 9.91. The fourth-order valence-electron chi connectivity index (χ4n) is 6.12. The molecular weight excluding hydrogens is 584 g/mol. The molecule has 1 N–H and O–H groups in total. The van der Waals surface area contributed by atoms with E-state index in [1.54, 1.807) is 7.11 Å². The number of nitrogens with one attached hydrogen (secondary N) is 1. The number of ether oxygens (including phenoxy) is 2. The van der Waals surface area contributed by atoms with Crippen molar-refractivity contribution in [1.82, 2.24) is 9.62 Å². The number of para-hydroxylation sites is 1. The lowest BCUT2D eigenvalue weighted by Gasteiger charge is -2.34. The zero-order chi connectivity index (χ0) is 32.0. The molecule has 11 nitrogen and oxygen atoms in total. The van der Waals surface area contributed by atoms with Crippen LogP contribution in [0, 0.1) is 22.0 Å². The number of nitrogens with zero attached hydrogens (tertiary/aromatic N) is 3. The quantitative estimate of drug-likeness (QED) is 0.131. The molecule has 0 aromatic heterocycles. The largest absolute Gasteiger partial charge is 0.460 e. The number of hydrogen-bond acceptors (Lipinski definition) is 9. The van der Waals surface area contributed by atoms with Gasteiger partial charge in [0.25, 0.3) is 5.69 Å². The molecule has 12 heteroatoms. The van der Waals surface area contributed by atoms with Crippen LogP contribution in [0.4, 0.5) is 11.4 Å². The Morgan fingerprint density at radius 3 is 2.59 bits per heavy atom. The van der Waals surface area contributed by atoms with Gasteiger partial charge in [-0.1, -0.05) is 38.1 Å². The summed E-state index contributed by atoms with van der Waals surface area (Å²) in [7, 11) is -2.61. The summed E-state index contributed by atoms with van der Waals surface area (Å²) in [6, 6.07) is 11.0. The summed E-state index contributed by atoms with van der Waals surface area (Å²) in [5.41, 5.74) is 3.14. The molecule has 2 aliphatic heterocycles. The summed E-state index contributed by atoms with van der Waals surface area (Å²) < 4.78 is 41.0. The molecule has 2 aromatic carbocycles. The zero-order valence-corrected chi connectivity index (χ0v) is 27.2. The van der Waals surface area contributed by atoms with Crippen LogP contribution in [-0.2, 0) is 37.3 Å². The van der Waals surface area contributed by atoms with Gasteiger partial charge in [0.2, 0.25) is 10.0 Å². The highest BCUT2D eigenvalue weighted by Gasteiger charge is 2.43. The van der Waals surface area contributed by atoms with Gasteiger partial charge in [-0.2, -0.15) is 0 Å². The van der Waals surface area contributed by atoms with E-state index in [0.717, 1.165) is 37.9 Å². The molecule has 0 amide bonds. The standard InChI is InChI=1S/C32H46N4O7S/c1-22(2)26-19-30(43-32(26)37)27(33-44(40,41)31-12-7-6-11-28(31)36(38)39)21-35(23(3)4)20-24-13-14-25-10-8-15-34(29(25)18-24)16-9-17-42-5/h6-7,11-14,18,22-23,26-27,30,33H,8-10,15-17,19-21H2,1-5H3/t26-,27-,30-/m0/s1. The van der Waals surface area contributed by atoms with Crippen LogP contribution in [0.2, 0.25) is 0 Å². The monoisotopic (exact) mass is 630 g/mol. The van der Waals surface area contributed by atoms with E-state index in [2.05, 4.69) is 32.7 Å². The highest BCUT2D eigenvalue weighted by atomic mass is 32.2. The number of esters is 1. The second-order valence-corrected chi connectivity index (χ2v) is 14.1. The van der Waals surface area contributed by atoms with Gasteiger partial charge in [0.15, 0.2) is 4.90 Å². The first-order valence-corrected chi connectivity index (χ1v) is 17.0. The van der Waals surface area contributed by atoms with Gasteiger partial charge < -0.3 is 14.4 Å². The van der Waals surface area contributed by atoms with Crippen molar-refractivity contribution in [2.45, 2.75) is 83.0 Å². The summed E-state index contributed by atoms with van der Waals surface area (Å²) in [4.78, 5) is 27.9. The first-order chi connectivity index (χ1) is 20.9. The van der Waals surface area contributed by atoms with E-state index in [4.69, 9.17) is 9.47 Å². The molecule has 0 unspecified atom stereocenters. The van der Waals surface area contributed by atoms with Crippen LogP contribution in [0.3, 0.4) is 0 Å². The molecule has 2 aliphatic rings. The fourth-order valence-corrected chi connectivity index (χ4v) is 7.55. The number of cyclic esters (lactones) is 1. The van der Waals surface area contributed by atoms with Crippen LogP contribution in [0.15, 0.2) is 47.4 Å². The molecule has 1 saturated heterocycles. The second-order valence-electron chi connectivity index (χ2n) is 12.4. The zero-order valence-electron chi connectivity index (χ0n) is 26.4. The second kappa shape index (κ2) is 14.8. The summed E-state index contributed by atoms with van der Waals surface area (Å²) in [6.45, 7) is 11.4. The number of carbonyl (C=O) groups excluding carboxylic acids is 1. The summed E-state index contributed by atoms with van der Waals surface area (Å²) in [5.74, 6) is -0.668. The minimum atomic E-state index is -4.33. The van der Waals surface area contributed by atoms with Gasteiger partial charge >= 0.3 is 5.97 Å². The average molecular weight is 631 g/mol. The van der Waals surface area contributed by atoms with Crippen LogP contribution >= 0.6 is 0 Å². The highest BCUT2D eigenvalue weighted by Crippen LogP contribution is 2.32. The lowest BCUT2D eigenvalue weighted by molar-refractivity contribution is -0.387. The number of carbonyl (C=O) groups is 1. The Morgan fingerprint density at radius 2 is 1.93 bits per heavy atom. The van der Waals surface area contributed by atoms with E-state index < -0.39 is 37.7 Å². The van der Waals surface area contributed by atoms with Crippen molar-refractivity contribution in [1.29, 1.82) is 0 Å². The molecule has 1 fully saturated rings. The molecule has 0 radical (unpaired) electrons. The van der Waals surface area contributed by atoms with Crippen molar-refractivity contribution in [2.75, 3.05) is 38.3 Å². The molecule has 0 spiro atoms. The van der Waals surface area contributed by atoms with Crippen molar-refractivity contribution in [2.24, 2.45) is 11.8 Å². The van der Waals surface area contributed by atoms with Gasteiger partial charge in [-0.15, -0.1) is 0 Å². The Balaban J connectivity index is 1.62. The van der Waals surface area contributed by atoms with Gasteiger partial charge in [0, 0.05) is 57.7 Å². The van der Waals surface area contributed by atoms with Crippen molar-refractivity contribution in [3.63, 3.8) is 0 Å². The molecule has 0 aliphatic carbocycles. The Hall–Kier alpha value is -3.06. The summed E-state index contributed by atoms with van der Waals surface area (Å²) in [5, 5.41) is 11.7. The number of rotatable bonds is 15. The third-order valence-electron chi connectivity index (χ3n) is 8.66. The molecule has 3 atom stereocenters. The summed E-state index contributed by atoms with van der Waals surface area (Å²) >= 11 is 0. The third-order valence-corrected chi connectivity index (χ3v) is 10.2. The predicted molar refractivity (Wildman–Crippen MR) is 169 cm³/mol. The maximum atomic E-state index is 13.6. The van der Waals surface area contributed by atoms with Crippen LogP contribution in [0.1, 0.15) is 58.1 Å². The number of hydrogen-bond donors (Lipinski definition) is 1. The van der Waals surface area contributed by atoms with E-state index in [-0.39, 0.29) is 30.4 Å². The Morgan fingerprint density at radius 1 is 1.18 bits per heavy atom. The van der Waals surface area contributed by atoms with Gasteiger partial charge in [-0.3, -0.25) is 19.8 Å². The predicted octanol–water partition coefficient (Wildman–Crippen LogP) is 4.53. The van der Waals surface area contributed by atoms with Gasteiger partial charge in [-0.25, -0.2) is 13.1 Å². The van der Waals surface area contributed by atoms with Crippen molar-refractivity contribution < 1.29 is 27.6 Å². The molecule has 242 valence electrons. The molecule has 4 rings (SSSR count). The number of fused-ring (bicyclic) bond motifs is 1. The van der Waals surface area contributed by atoms with Crippen molar-refractivity contribution in [3.8, 4) is 0 Å². The molecule has 0 saturated carbocycles. The third kappa shape index (κ3) is 8.15. The molecule has 0 bridgehead atoms. The number of benzene rings is 2. The number of sulfonamides is 1. The SMILES string of the molecule is COCCCN1CCCc2ccc(CN(C[C@H](NS(=O)(=O)c3ccccc3[N+](=O)[O-])[C@@H]3C[C@@H](C(C)C)C(=O)O3)C(C)C)cc21. The van der Waals surface area contributed by atoms with Gasteiger partial charge in [0.1, 0.15) is 6.10 Å². The smallest absolute Gasteiger partial charge is 0.309 e. The van der Waals surface area contributed by atoms with E-state index in [1.165, 1.54) is 35.5 Å². The van der Waals surface area contributed by atoms with Crippen molar-refractivity contribution >= 4 is 27.4 Å². The van der Waals surface area contributed by atoms with Crippen molar-refractivity contribution in [3.05, 3.63) is 63.7 Å². The number of aryl methyl sites for hydroxylation is 1. The Kier molecular flexibility index (Phi) is 11.4. The minimum Gasteiger partial charge on any atom is -0.460 e. The molecule has 2 aromatic rings. The molecule has 2 heterocycles. The number of nitro benzene ring substituents is 1. The van der Waals surface area contributed by atoms with Crippen LogP contribution < -0.4 is 9.62 Å². The topological polar surface area (TPSA) is 131 Å². The minimum absolute atomic E-state index is 0.0277. The van der Waals surface area contributed by atoms with Crippen LogP contribution in [0.5, 0.6) is 0 Å². The van der Waals surface area contributed by atoms with E-state index >= 15 is 0 Å². The first-order valence-electron chi connectivity index (χ1n) is 15.5. The summed E-state index contributed by atoms with van der Waals surface area (Å²) in [6.07, 6.45) is 2.73. The number of nitro groups is 1.